The van der Waals surface area contributed by atoms with Crippen molar-refractivity contribution in [1.82, 2.24) is 4.90 Å². The number of carbonyl (C=O) groups is 1. The van der Waals surface area contributed by atoms with E-state index in [-0.39, 0.29) is 5.91 Å². The summed E-state index contributed by atoms with van der Waals surface area (Å²) in [5, 5.41) is 3.04. The van der Waals surface area contributed by atoms with E-state index in [1.54, 1.807) is 7.11 Å². The first-order valence-corrected chi connectivity index (χ1v) is 9.97. The predicted octanol–water partition coefficient (Wildman–Crippen LogP) is 4.69. The third-order valence-electron chi connectivity index (χ3n) is 4.87. The molecule has 5 heteroatoms. The summed E-state index contributed by atoms with van der Waals surface area (Å²) >= 11 is 0. The van der Waals surface area contributed by atoms with Gasteiger partial charge in [0.2, 0.25) is 5.91 Å². The molecule has 0 aromatic heterocycles. The zero-order valence-electron chi connectivity index (χ0n) is 17.7. The van der Waals surface area contributed by atoms with E-state index in [2.05, 4.69) is 5.32 Å². The lowest BCUT2D eigenvalue weighted by Crippen LogP contribution is -2.37. The van der Waals surface area contributed by atoms with Crippen LogP contribution in [0.25, 0.3) is 0 Å². The molecule has 0 radical (unpaired) electrons. The van der Waals surface area contributed by atoms with Gasteiger partial charge in [0.05, 0.1) is 12.8 Å². The molecule has 1 amide bonds. The summed E-state index contributed by atoms with van der Waals surface area (Å²) in [5.41, 5.74) is 2.63. The smallest absolute Gasteiger partial charge is 0.246 e. The van der Waals surface area contributed by atoms with E-state index < -0.39 is 6.04 Å². The topological polar surface area (TPSA) is 50.8 Å². The van der Waals surface area contributed by atoms with Gasteiger partial charge in [-0.2, -0.15) is 0 Å². The van der Waals surface area contributed by atoms with Crippen LogP contribution in [0.2, 0.25) is 0 Å². The van der Waals surface area contributed by atoms with Crippen molar-refractivity contribution in [2.75, 3.05) is 32.6 Å². The average molecular weight is 405 g/mol. The molecule has 1 atom stereocenters. The van der Waals surface area contributed by atoms with Crippen LogP contribution in [0.5, 0.6) is 11.5 Å². The Morgan fingerprint density at radius 3 is 2.33 bits per heavy atom. The fourth-order valence-corrected chi connectivity index (χ4v) is 3.32. The van der Waals surface area contributed by atoms with Gasteiger partial charge in [0.25, 0.3) is 0 Å². The lowest BCUT2D eigenvalue weighted by atomic mass is 10.0. The van der Waals surface area contributed by atoms with Gasteiger partial charge in [0.1, 0.15) is 24.1 Å². The first kappa shape index (κ1) is 21.4. The molecule has 0 saturated heterocycles. The van der Waals surface area contributed by atoms with Crippen LogP contribution >= 0.6 is 0 Å². The molecular weight excluding hydrogens is 376 g/mol. The molecule has 0 aliphatic heterocycles. The summed E-state index contributed by atoms with van der Waals surface area (Å²) in [6, 6.07) is 24.7. The van der Waals surface area contributed by atoms with Crippen LogP contribution in [-0.2, 0) is 4.79 Å². The summed E-state index contributed by atoms with van der Waals surface area (Å²) in [4.78, 5) is 15.3. The maximum absolute atomic E-state index is 13.3. The van der Waals surface area contributed by atoms with Gasteiger partial charge in [0.15, 0.2) is 0 Å². The van der Waals surface area contributed by atoms with E-state index in [1.807, 2.05) is 97.7 Å². The van der Waals surface area contributed by atoms with Gasteiger partial charge in [-0.15, -0.1) is 0 Å². The van der Waals surface area contributed by atoms with Gasteiger partial charge in [-0.1, -0.05) is 54.6 Å². The van der Waals surface area contributed by atoms with E-state index in [4.69, 9.17) is 9.47 Å². The number of carbonyl (C=O) groups excluding carboxylic acids is 1. The van der Waals surface area contributed by atoms with Crippen LogP contribution in [0.1, 0.15) is 17.2 Å². The first-order valence-electron chi connectivity index (χ1n) is 9.97. The molecule has 30 heavy (non-hydrogen) atoms. The number of hydrogen-bond acceptors (Lipinski definition) is 4. The molecular formula is C25H28N2O3. The molecule has 0 bridgehead atoms. The second-order valence-electron chi connectivity index (χ2n) is 7.15. The van der Waals surface area contributed by atoms with E-state index in [0.717, 1.165) is 16.9 Å². The number of nitrogens with zero attached hydrogens (tertiary/aromatic N) is 1. The molecule has 0 spiro atoms. The van der Waals surface area contributed by atoms with Gasteiger partial charge in [-0.05, 0) is 49.4 Å². The highest BCUT2D eigenvalue weighted by Gasteiger charge is 2.26. The van der Waals surface area contributed by atoms with Crippen molar-refractivity contribution in [2.45, 2.75) is 13.0 Å². The summed E-state index contributed by atoms with van der Waals surface area (Å²) in [5.74, 6) is 1.33. The quantitative estimate of drug-likeness (QED) is 0.562. The molecule has 5 nitrogen and oxygen atoms in total. The minimum Gasteiger partial charge on any atom is -0.495 e. The lowest BCUT2D eigenvalue weighted by Gasteiger charge is -2.28. The van der Waals surface area contributed by atoms with Gasteiger partial charge in [-0.3, -0.25) is 9.69 Å². The molecule has 0 unspecified atom stereocenters. The Balaban J connectivity index is 1.75. The van der Waals surface area contributed by atoms with E-state index in [1.165, 1.54) is 0 Å². The maximum atomic E-state index is 13.3. The van der Waals surface area contributed by atoms with Crippen LogP contribution in [0.3, 0.4) is 0 Å². The van der Waals surface area contributed by atoms with Crippen molar-refractivity contribution in [3.63, 3.8) is 0 Å². The number of rotatable bonds is 9. The number of anilines is 1. The van der Waals surface area contributed by atoms with Gasteiger partial charge in [0, 0.05) is 6.54 Å². The average Bonchev–Trinajstić information content (AvgIpc) is 2.75. The Hall–Kier alpha value is -3.31. The number of likely N-dealkylation sites (N-methyl/N-ethyl adjacent to an activating group) is 1. The standard InChI is InChI=1S/C25H28N2O3/c1-19-14-15-23(29-3)22(18-19)26-25(28)24(20-10-6-4-7-11-20)27(2)16-17-30-21-12-8-5-9-13-21/h4-15,18,24H,16-17H2,1-3H3,(H,26,28)/t24-/m1/s1. The van der Waals surface area contributed by atoms with Crippen LogP contribution in [0.4, 0.5) is 5.69 Å². The number of nitrogens with one attached hydrogen (secondary N) is 1. The number of aryl methyl sites for hydroxylation is 1. The van der Waals surface area contributed by atoms with E-state index in [9.17, 15) is 4.79 Å². The molecule has 1 N–H and O–H groups in total. The molecule has 0 saturated carbocycles. The SMILES string of the molecule is COc1ccc(C)cc1NC(=O)[C@@H](c1ccccc1)N(C)CCOc1ccccc1. The fourth-order valence-electron chi connectivity index (χ4n) is 3.32. The number of methoxy groups -OCH3 is 1. The van der Waals surface area contributed by atoms with Crippen molar-refractivity contribution < 1.29 is 14.3 Å². The Bertz CT molecular complexity index is 945. The number of hydrogen-bond donors (Lipinski definition) is 1. The molecule has 3 rings (SSSR count). The maximum Gasteiger partial charge on any atom is 0.246 e. The Morgan fingerprint density at radius 1 is 1.00 bits per heavy atom. The first-order chi connectivity index (χ1) is 14.6. The van der Waals surface area contributed by atoms with Crippen LogP contribution < -0.4 is 14.8 Å². The highest BCUT2D eigenvalue weighted by atomic mass is 16.5. The Morgan fingerprint density at radius 2 is 1.67 bits per heavy atom. The molecule has 0 fully saturated rings. The summed E-state index contributed by atoms with van der Waals surface area (Å²) in [7, 11) is 3.53. The van der Waals surface area contributed by atoms with Crippen molar-refractivity contribution in [2.24, 2.45) is 0 Å². The van der Waals surface area contributed by atoms with Crippen molar-refractivity contribution in [3.05, 3.63) is 90.0 Å². The van der Waals surface area contributed by atoms with Crippen LogP contribution in [0.15, 0.2) is 78.9 Å². The van der Waals surface area contributed by atoms with E-state index in [0.29, 0.717) is 24.6 Å². The van der Waals surface area contributed by atoms with Gasteiger partial charge < -0.3 is 14.8 Å². The van der Waals surface area contributed by atoms with Gasteiger partial charge >= 0.3 is 0 Å². The monoisotopic (exact) mass is 404 g/mol. The Labute approximate surface area is 178 Å². The number of benzene rings is 3. The van der Waals surface area contributed by atoms with Crippen LogP contribution in [-0.4, -0.2) is 38.1 Å². The van der Waals surface area contributed by atoms with E-state index >= 15 is 0 Å². The minimum absolute atomic E-state index is 0.118. The van der Waals surface area contributed by atoms with Crippen molar-refractivity contribution >= 4 is 11.6 Å². The number of amides is 1. The predicted molar refractivity (Wildman–Crippen MR) is 120 cm³/mol. The molecule has 0 aliphatic carbocycles. The molecule has 156 valence electrons. The normalized spacial score (nSPS) is 11.7. The second kappa shape index (κ2) is 10.5. The zero-order valence-corrected chi connectivity index (χ0v) is 17.7. The molecule has 3 aromatic carbocycles. The Kier molecular flexibility index (Phi) is 7.46. The summed E-state index contributed by atoms with van der Waals surface area (Å²) in [6.07, 6.45) is 0. The number of ether oxygens (including phenoxy) is 2. The van der Waals surface area contributed by atoms with Crippen molar-refractivity contribution in [3.8, 4) is 11.5 Å². The number of para-hydroxylation sites is 1. The largest absolute Gasteiger partial charge is 0.495 e. The molecule has 0 heterocycles. The second-order valence-corrected chi connectivity index (χ2v) is 7.15. The van der Waals surface area contributed by atoms with Crippen molar-refractivity contribution in [1.29, 1.82) is 0 Å². The third-order valence-corrected chi connectivity index (χ3v) is 4.87. The highest BCUT2D eigenvalue weighted by molar-refractivity contribution is 5.96. The minimum atomic E-state index is -0.462. The molecule has 0 aliphatic rings. The summed E-state index contributed by atoms with van der Waals surface area (Å²) in [6.45, 7) is 3.05. The van der Waals surface area contributed by atoms with Gasteiger partial charge in [-0.25, -0.2) is 0 Å². The van der Waals surface area contributed by atoms with Crippen LogP contribution in [0, 0.1) is 6.92 Å². The lowest BCUT2D eigenvalue weighted by molar-refractivity contribution is -0.121. The highest BCUT2D eigenvalue weighted by Crippen LogP contribution is 2.28. The molecule has 3 aromatic rings. The third kappa shape index (κ3) is 5.61. The summed E-state index contributed by atoms with van der Waals surface area (Å²) < 4.78 is 11.2. The fraction of sp³-hybridized carbons (Fsp3) is 0.240. The zero-order chi connectivity index (χ0) is 21.3.